The van der Waals surface area contributed by atoms with Crippen molar-refractivity contribution in [3.8, 4) is 11.5 Å². The highest BCUT2D eigenvalue weighted by atomic mass is 16.5. The number of hydrogen-bond acceptors (Lipinski definition) is 12. The van der Waals surface area contributed by atoms with Crippen LogP contribution in [-0.2, 0) is 9.47 Å². The second-order valence-corrected chi connectivity index (χ2v) is 15.5. The maximum Gasteiger partial charge on any atom is 0.339 e. The molecule has 0 aliphatic carbocycles. The minimum Gasteiger partial charge on any atom is -0.490 e. The van der Waals surface area contributed by atoms with Crippen molar-refractivity contribution in [1.29, 1.82) is 0 Å². The van der Waals surface area contributed by atoms with Crippen molar-refractivity contribution < 1.29 is 47.7 Å². The van der Waals surface area contributed by atoms with Crippen LogP contribution in [0.25, 0.3) is 11.0 Å². The van der Waals surface area contributed by atoms with Crippen LogP contribution in [0, 0.1) is 13.8 Å². The van der Waals surface area contributed by atoms with E-state index in [0.717, 1.165) is 0 Å². The first-order valence-corrected chi connectivity index (χ1v) is 21.1. The molecule has 4 aromatic heterocycles. The summed E-state index contributed by atoms with van der Waals surface area (Å²) in [6, 6.07) is 32.7. The lowest BCUT2D eigenvalue weighted by molar-refractivity contribution is 0.0593. The number of carbonyl (C=O) groups is 6. The molecule has 8 rings (SSSR count). The van der Waals surface area contributed by atoms with Gasteiger partial charge in [0.2, 0.25) is 0 Å². The average Bonchev–Trinajstić information content (AvgIpc) is 3.80. The number of nitrogen functional groups attached to an aromatic ring is 2. The maximum atomic E-state index is 14.0. The smallest absolute Gasteiger partial charge is 0.339 e. The molecule has 8 aromatic rings. The van der Waals surface area contributed by atoms with Crippen molar-refractivity contribution in [3.63, 3.8) is 0 Å². The fourth-order valence-electron chi connectivity index (χ4n) is 7.94. The first-order valence-electron chi connectivity index (χ1n) is 21.1. The third-order valence-corrected chi connectivity index (χ3v) is 11.3. The highest BCUT2D eigenvalue weighted by molar-refractivity contribution is 6.18. The zero-order valence-electron chi connectivity index (χ0n) is 37.2. The molecule has 0 aliphatic rings. The van der Waals surface area contributed by atoms with E-state index in [0.29, 0.717) is 67.5 Å². The zero-order valence-corrected chi connectivity index (χ0v) is 37.2. The summed E-state index contributed by atoms with van der Waals surface area (Å²) in [5.74, 6) is -1.40. The summed E-state index contributed by atoms with van der Waals surface area (Å²) in [6.07, 6.45) is 3.47. The van der Waals surface area contributed by atoms with Crippen LogP contribution >= 0.6 is 0 Å². The summed E-state index contributed by atoms with van der Waals surface area (Å²) in [6.45, 7) is 3.66. The van der Waals surface area contributed by atoms with Crippen LogP contribution in [-0.4, -0.2) is 71.6 Å². The van der Waals surface area contributed by atoms with Crippen molar-refractivity contribution in [2.45, 2.75) is 13.8 Å². The molecule has 0 bridgehead atoms. The molecule has 2 amide bonds. The quantitative estimate of drug-likeness (QED) is 0.0333. The predicted molar refractivity (Wildman–Crippen MR) is 255 cm³/mol. The standard InChI is InChI=1S/C52H44N6O10/c1-29-43(45(59)31-17-19-39(53)37(27-31)51(63)65-3)41-15-5-7-21-57(41)47(29)55-49(61)33-11-9-13-35(25-33)67-23-24-68-36-14-10-12-34(26-36)50(62)56-48-30(2)44(42-16-6-8-22-58(42)48)46(60)32-18-20-40(54)38(28-32)52(64)66-4/h5-22,25-28H,23-24,53-54H2,1-4H3,(H,55,61)(H,56,62). The number of amides is 2. The third kappa shape index (κ3) is 8.80. The van der Waals surface area contributed by atoms with E-state index in [4.69, 9.17) is 30.4 Å². The molecule has 68 heavy (non-hydrogen) atoms. The number of benzene rings is 4. The van der Waals surface area contributed by atoms with E-state index in [1.54, 1.807) is 120 Å². The Balaban J connectivity index is 0.916. The summed E-state index contributed by atoms with van der Waals surface area (Å²) in [5, 5.41) is 5.91. The number of ether oxygens (including phenoxy) is 4. The predicted octanol–water partition coefficient (Wildman–Crippen LogP) is 7.97. The van der Waals surface area contributed by atoms with Gasteiger partial charge in [-0.05, 0) is 111 Å². The minimum absolute atomic E-state index is 0.0670. The van der Waals surface area contributed by atoms with Gasteiger partial charge < -0.3 is 49.8 Å². The van der Waals surface area contributed by atoms with E-state index in [9.17, 15) is 28.8 Å². The van der Waals surface area contributed by atoms with Gasteiger partial charge in [0.25, 0.3) is 11.8 Å². The second-order valence-electron chi connectivity index (χ2n) is 15.5. The lowest BCUT2D eigenvalue weighted by atomic mass is 9.98. The molecule has 0 radical (unpaired) electrons. The van der Waals surface area contributed by atoms with E-state index in [1.165, 1.54) is 50.6 Å². The molecule has 0 spiro atoms. The molecule has 16 nitrogen and oxygen atoms in total. The number of carbonyl (C=O) groups excluding carboxylic acids is 6. The molecule has 16 heteroatoms. The summed E-state index contributed by atoms with van der Waals surface area (Å²) < 4.78 is 25.0. The highest BCUT2D eigenvalue weighted by Crippen LogP contribution is 2.33. The van der Waals surface area contributed by atoms with Crippen LogP contribution in [0.15, 0.2) is 134 Å². The Hall–Kier alpha value is -9.18. The number of methoxy groups -OCH3 is 2. The van der Waals surface area contributed by atoms with Crippen LogP contribution in [0.2, 0.25) is 0 Å². The van der Waals surface area contributed by atoms with Crippen LogP contribution in [0.5, 0.6) is 11.5 Å². The highest BCUT2D eigenvalue weighted by Gasteiger charge is 2.27. The van der Waals surface area contributed by atoms with Crippen molar-refractivity contribution in [2.24, 2.45) is 0 Å². The van der Waals surface area contributed by atoms with E-state index in [-0.39, 0.29) is 58.4 Å². The fraction of sp³-hybridized carbons (Fsp3) is 0.115. The van der Waals surface area contributed by atoms with E-state index in [1.807, 2.05) is 0 Å². The van der Waals surface area contributed by atoms with Gasteiger partial charge in [-0.2, -0.15) is 0 Å². The lowest BCUT2D eigenvalue weighted by Crippen LogP contribution is -2.15. The van der Waals surface area contributed by atoms with Crippen LogP contribution < -0.4 is 31.6 Å². The topological polar surface area (TPSA) is 224 Å². The SMILES string of the molecule is COC(=O)c1cc(C(=O)c2c(C)c(NC(=O)c3cccc(OCCOc4cccc(C(=O)Nc5c(C)c(C(=O)c6ccc(N)c(C(=O)OC)c6)c6ccccn56)c4)c3)n3ccccc23)ccc1N. The van der Waals surface area contributed by atoms with Gasteiger partial charge >= 0.3 is 11.9 Å². The summed E-state index contributed by atoms with van der Waals surface area (Å²) in [4.78, 5) is 80.0. The zero-order chi connectivity index (χ0) is 48.2. The Morgan fingerprint density at radius 2 is 0.912 bits per heavy atom. The van der Waals surface area contributed by atoms with Crippen LogP contribution in [0.3, 0.4) is 0 Å². The molecule has 0 atom stereocenters. The normalized spacial score (nSPS) is 10.9. The second kappa shape index (κ2) is 19.1. The van der Waals surface area contributed by atoms with E-state index < -0.39 is 23.8 Å². The lowest BCUT2D eigenvalue weighted by Gasteiger charge is -2.12. The number of aromatic nitrogens is 2. The maximum absolute atomic E-state index is 14.0. The molecule has 0 saturated heterocycles. The Labute approximate surface area is 389 Å². The number of nitrogens with two attached hydrogens (primary N) is 2. The van der Waals surface area contributed by atoms with Crippen molar-refractivity contribution in [2.75, 3.05) is 49.5 Å². The summed E-state index contributed by atoms with van der Waals surface area (Å²) in [5.41, 5.74) is 16.3. The average molecular weight is 913 g/mol. The van der Waals surface area contributed by atoms with Crippen LogP contribution in [0.1, 0.15) is 84.4 Å². The fourth-order valence-corrected chi connectivity index (χ4v) is 7.94. The van der Waals surface area contributed by atoms with Gasteiger partial charge in [0, 0.05) is 57.1 Å². The molecule has 0 saturated carbocycles. The van der Waals surface area contributed by atoms with Crippen LogP contribution in [0.4, 0.5) is 23.0 Å². The number of ketones is 2. The summed E-state index contributed by atoms with van der Waals surface area (Å²) >= 11 is 0. The molecule has 0 aliphatic heterocycles. The monoisotopic (exact) mass is 912 g/mol. The molecule has 342 valence electrons. The molecule has 4 aromatic carbocycles. The number of nitrogens with zero attached hydrogens (tertiary/aromatic N) is 2. The van der Waals surface area contributed by atoms with Gasteiger partial charge in [0.1, 0.15) is 36.3 Å². The molecular formula is C52H44N6O10. The number of esters is 2. The van der Waals surface area contributed by atoms with Gasteiger partial charge in [-0.25, -0.2) is 9.59 Å². The Bertz CT molecular complexity index is 3130. The van der Waals surface area contributed by atoms with Gasteiger partial charge in [-0.3, -0.25) is 19.2 Å². The number of hydrogen-bond donors (Lipinski definition) is 4. The van der Waals surface area contributed by atoms with Gasteiger partial charge in [0.05, 0.1) is 47.5 Å². The largest absolute Gasteiger partial charge is 0.490 e. The number of rotatable bonds is 15. The van der Waals surface area contributed by atoms with Gasteiger partial charge in [0.15, 0.2) is 11.6 Å². The Morgan fingerprint density at radius 1 is 0.500 bits per heavy atom. The van der Waals surface area contributed by atoms with E-state index >= 15 is 0 Å². The van der Waals surface area contributed by atoms with Gasteiger partial charge in [-0.15, -0.1) is 0 Å². The Morgan fingerprint density at radius 3 is 1.31 bits per heavy atom. The molecule has 0 fully saturated rings. The molecule has 6 N–H and O–H groups in total. The first-order chi connectivity index (χ1) is 32.8. The van der Waals surface area contributed by atoms with E-state index in [2.05, 4.69) is 10.6 Å². The Kier molecular flexibility index (Phi) is 12.8. The number of fused-ring (bicyclic) bond motifs is 2. The third-order valence-electron chi connectivity index (χ3n) is 11.3. The first kappa shape index (κ1) is 45.4. The number of nitrogens with one attached hydrogen (secondary N) is 2. The summed E-state index contributed by atoms with van der Waals surface area (Å²) in [7, 11) is 2.46. The van der Waals surface area contributed by atoms with Crippen molar-refractivity contribution >= 4 is 69.4 Å². The minimum atomic E-state index is -0.669. The van der Waals surface area contributed by atoms with Crippen molar-refractivity contribution in [1.82, 2.24) is 8.80 Å². The van der Waals surface area contributed by atoms with Crippen molar-refractivity contribution in [3.05, 3.63) is 189 Å². The molecule has 0 unspecified atom stereocenters. The van der Waals surface area contributed by atoms with Gasteiger partial charge in [-0.1, -0.05) is 24.3 Å². The molecular weight excluding hydrogens is 869 g/mol. The number of pyridine rings is 2. The number of anilines is 4. The molecule has 4 heterocycles.